The zero-order chi connectivity index (χ0) is 22.4. The first kappa shape index (κ1) is 22.9. The molecule has 0 aliphatic rings. The highest BCUT2D eigenvalue weighted by atomic mass is 35.5. The number of carbonyl (C=O) groups is 1. The molecule has 1 heterocycles. The second kappa shape index (κ2) is 10.5. The third-order valence-corrected chi connectivity index (χ3v) is 5.44. The number of amides is 1. The van der Waals surface area contributed by atoms with Crippen LogP contribution >= 0.6 is 22.9 Å². The molecule has 164 valence electrons. The van der Waals surface area contributed by atoms with Crippen molar-refractivity contribution in [2.75, 3.05) is 25.1 Å². The van der Waals surface area contributed by atoms with Crippen LogP contribution in [0.4, 0.5) is 5.13 Å². The Labute approximate surface area is 191 Å². The molecule has 0 radical (unpaired) electrons. The molecule has 0 aliphatic heterocycles. The molecule has 0 aliphatic carbocycles. The maximum Gasteiger partial charge on any atom is 0.257 e. The number of anilines is 1. The van der Waals surface area contributed by atoms with Crippen LogP contribution in [0.2, 0.25) is 5.02 Å². The summed E-state index contributed by atoms with van der Waals surface area (Å²) in [4.78, 5) is 18.6. The van der Waals surface area contributed by atoms with Crippen LogP contribution in [0.5, 0.6) is 17.2 Å². The molecule has 3 aromatic rings. The lowest BCUT2D eigenvalue weighted by molar-refractivity contribution is 0.102. The lowest BCUT2D eigenvalue weighted by Crippen LogP contribution is -2.13. The van der Waals surface area contributed by atoms with Crippen molar-refractivity contribution < 1.29 is 19.0 Å². The van der Waals surface area contributed by atoms with Gasteiger partial charge >= 0.3 is 0 Å². The van der Waals surface area contributed by atoms with E-state index in [1.807, 2.05) is 52.0 Å². The molecule has 8 heteroatoms. The summed E-state index contributed by atoms with van der Waals surface area (Å²) in [5.74, 6) is 1.13. The number of hydrogen-bond donors (Lipinski definition) is 1. The Morgan fingerprint density at radius 1 is 1.00 bits per heavy atom. The Hall–Kier alpha value is -2.77. The van der Waals surface area contributed by atoms with E-state index in [2.05, 4.69) is 10.3 Å². The fraction of sp³-hybridized carbons (Fsp3) is 0.304. The van der Waals surface area contributed by atoms with E-state index in [1.54, 1.807) is 12.1 Å². The monoisotopic (exact) mass is 460 g/mol. The first-order valence-electron chi connectivity index (χ1n) is 10.1. The van der Waals surface area contributed by atoms with Gasteiger partial charge in [0, 0.05) is 21.0 Å². The lowest BCUT2D eigenvalue weighted by atomic mass is 10.1. The number of nitrogens with zero attached hydrogens (tertiary/aromatic N) is 1. The predicted octanol–water partition coefficient (Wildman–Crippen LogP) is 6.22. The molecule has 0 saturated carbocycles. The Kier molecular flexibility index (Phi) is 7.76. The van der Waals surface area contributed by atoms with Gasteiger partial charge in [0.05, 0.1) is 25.5 Å². The van der Waals surface area contributed by atoms with Crippen molar-refractivity contribution in [2.24, 2.45) is 0 Å². The summed E-state index contributed by atoms with van der Waals surface area (Å²) in [7, 11) is 0. The van der Waals surface area contributed by atoms with Crippen LogP contribution in [0.25, 0.3) is 11.3 Å². The van der Waals surface area contributed by atoms with Crippen LogP contribution in [0.1, 0.15) is 36.0 Å². The van der Waals surface area contributed by atoms with Crippen LogP contribution in [0.15, 0.2) is 36.4 Å². The molecule has 1 N–H and O–H groups in total. The van der Waals surface area contributed by atoms with Crippen molar-refractivity contribution in [1.82, 2.24) is 4.98 Å². The molecule has 1 amide bonds. The number of ether oxygens (including phenoxy) is 3. The molecule has 0 atom stereocenters. The van der Waals surface area contributed by atoms with Crippen LogP contribution in [0.3, 0.4) is 0 Å². The minimum atomic E-state index is -0.304. The maximum absolute atomic E-state index is 13.0. The largest absolute Gasteiger partial charge is 0.490 e. The standard InChI is InChI=1S/C23H25ClN2O4S/c1-5-28-18-12-16(13-19(29-6-2)21(18)30-7-3)22(27)26-23-25-20(14(4)31-23)15-8-10-17(24)11-9-15/h8-13H,5-7H2,1-4H3,(H,25,26,27). The molecule has 0 unspecified atom stereocenters. The molecule has 31 heavy (non-hydrogen) atoms. The highest BCUT2D eigenvalue weighted by Gasteiger charge is 2.20. The normalized spacial score (nSPS) is 10.6. The summed E-state index contributed by atoms with van der Waals surface area (Å²) in [5.41, 5.74) is 2.15. The topological polar surface area (TPSA) is 69.7 Å². The Bertz CT molecular complexity index is 1020. The minimum absolute atomic E-state index is 0.304. The molecule has 0 spiro atoms. The number of aromatic nitrogens is 1. The van der Waals surface area contributed by atoms with E-state index in [4.69, 9.17) is 25.8 Å². The quantitative estimate of drug-likeness (QED) is 0.410. The number of aryl methyl sites for hydroxylation is 1. The van der Waals surface area contributed by atoms with Gasteiger partial charge in [-0.3, -0.25) is 10.1 Å². The highest BCUT2D eigenvalue weighted by Crippen LogP contribution is 2.39. The lowest BCUT2D eigenvalue weighted by Gasteiger charge is -2.16. The van der Waals surface area contributed by atoms with Crippen molar-refractivity contribution >= 4 is 34.0 Å². The van der Waals surface area contributed by atoms with E-state index < -0.39 is 0 Å². The first-order chi connectivity index (χ1) is 15.0. The van der Waals surface area contributed by atoms with Gasteiger partial charge < -0.3 is 14.2 Å². The Morgan fingerprint density at radius 2 is 1.58 bits per heavy atom. The number of halogens is 1. The SMILES string of the molecule is CCOc1cc(C(=O)Nc2nc(-c3ccc(Cl)cc3)c(C)s2)cc(OCC)c1OCC. The number of rotatable bonds is 9. The highest BCUT2D eigenvalue weighted by molar-refractivity contribution is 7.16. The van der Waals surface area contributed by atoms with Gasteiger partial charge in [-0.25, -0.2) is 4.98 Å². The zero-order valence-electron chi connectivity index (χ0n) is 18.0. The Morgan fingerprint density at radius 3 is 2.13 bits per heavy atom. The second-order valence-corrected chi connectivity index (χ2v) is 8.13. The zero-order valence-corrected chi connectivity index (χ0v) is 19.5. The fourth-order valence-electron chi connectivity index (χ4n) is 3.01. The van der Waals surface area contributed by atoms with Crippen LogP contribution in [0, 0.1) is 6.92 Å². The average molecular weight is 461 g/mol. The average Bonchev–Trinajstić information content (AvgIpc) is 3.11. The summed E-state index contributed by atoms with van der Waals surface area (Å²) >= 11 is 7.39. The van der Waals surface area contributed by atoms with E-state index >= 15 is 0 Å². The molecule has 2 aromatic carbocycles. The summed E-state index contributed by atoms with van der Waals surface area (Å²) < 4.78 is 17.1. The predicted molar refractivity (Wildman–Crippen MR) is 125 cm³/mol. The van der Waals surface area contributed by atoms with Crippen molar-refractivity contribution in [2.45, 2.75) is 27.7 Å². The minimum Gasteiger partial charge on any atom is -0.490 e. The molecule has 6 nitrogen and oxygen atoms in total. The van der Waals surface area contributed by atoms with Gasteiger partial charge in [-0.2, -0.15) is 0 Å². The van der Waals surface area contributed by atoms with E-state index in [1.165, 1.54) is 11.3 Å². The molecular formula is C23H25ClN2O4S. The molecule has 3 rings (SSSR count). The smallest absolute Gasteiger partial charge is 0.257 e. The van der Waals surface area contributed by atoms with Crippen molar-refractivity contribution in [3.63, 3.8) is 0 Å². The van der Waals surface area contributed by atoms with Gasteiger partial charge in [0.2, 0.25) is 5.75 Å². The van der Waals surface area contributed by atoms with Crippen molar-refractivity contribution in [3.05, 3.63) is 51.9 Å². The molecule has 1 aromatic heterocycles. The first-order valence-corrected chi connectivity index (χ1v) is 11.3. The summed E-state index contributed by atoms with van der Waals surface area (Å²) in [6.45, 7) is 8.93. The van der Waals surface area contributed by atoms with Gasteiger partial charge in [0.1, 0.15) is 0 Å². The van der Waals surface area contributed by atoms with Gasteiger partial charge in [0.15, 0.2) is 16.6 Å². The third-order valence-electron chi connectivity index (χ3n) is 4.31. The van der Waals surface area contributed by atoms with E-state index in [-0.39, 0.29) is 5.91 Å². The van der Waals surface area contributed by atoms with Crippen molar-refractivity contribution in [1.29, 1.82) is 0 Å². The van der Waals surface area contributed by atoms with Crippen LogP contribution in [-0.4, -0.2) is 30.7 Å². The Balaban J connectivity index is 1.89. The number of thiazole rings is 1. The maximum atomic E-state index is 13.0. The molecule has 0 saturated heterocycles. The van der Waals surface area contributed by atoms with E-state index in [0.717, 1.165) is 16.1 Å². The van der Waals surface area contributed by atoms with Gasteiger partial charge in [-0.15, -0.1) is 11.3 Å². The number of benzene rings is 2. The number of nitrogens with one attached hydrogen (secondary N) is 1. The number of hydrogen-bond acceptors (Lipinski definition) is 6. The number of carbonyl (C=O) groups excluding carboxylic acids is 1. The second-order valence-electron chi connectivity index (χ2n) is 6.49. The van der Waals surface area contributed by atoms with Crippen LogP contribution < -0.4 is 19.5 Å². The molecule has 0 bridgehead atoms. The third kappa shape index (κ3) is 5.48. The van der Waals surface area contributed by atoms with Gasteiger partial charge in [-0.05, 0) is 52.0 Å². The molecular weight excluding hydrogens is 436 g/mol. The van der Waals surface area contributed by atoms with Crippen molar-refractivity contribution in [3.8, 4) is 28.5 Å². The van der Waals surface area contributed by atoms with E-state index in [0.29, 0.717) is 52.8 Å². The van der Waals surface area contributed by atoms with E-state index in [9.17, 15) is 4.79 Å². The molecule has 0 fully saturated rings. The summed E-state index contributed by atoms with van der Waals surface area (Å²) in [5, 5.41) is 4.06. The summed E-state index contributed by atoms with van der Waals surface area (Å²) in [6, 6.07) is 10.8. The summed E-state index contributed by atoms with van der Waals surface area (Å²) in [6.07, 6.45) is 0. The fourth-order valence-corrected chi connectivity index (χ4v) is 3.97. The van der Waals surface area contributed by atoms with Gasteiger partial charge in [-0.1, -0.05) is 23.7 Å². The van der Waals surface area contributed by atoms with Crippen LogP contribution in [-0.2, 0) is 0 Å². The van der Waals surface area contributed by atoms with Gasteiger partial charge in [0.25, 0.3) is 5.91 Å².